The molecule has 0 radical (unpaired) electrons. The van der Waals surface area contributed by atoms with Crippen molar-refractivity contribution in [1.82, 2.24) is 10.6 Å². The number of fused-ring (bicyclic) bond motifs is 3. The SMILES string of the molecule is CC(C)[C@@H](NC(=O)C(CC(F)F)NC(=O)OCC1c2ccccc2-c2ccccc21)C(=O)O. The highest BCUT2D eigenvalue weighted by Crippen LogP contribution is 2.44. The van der Waals surface area contributed by atoms with Gasteiger partial charge in [-0.1, -0.05) is 62.4 Å². The number of hydrogen-bond acceptors (Lipinski definition) is 4. The normalized spacial score (nSPS) is 14.4. The quantitative estimate of drug-likeness (QED) is 0.528. The molecule has 0 spiro atoms. The molecule has 0 bridgehead atoms. The van der Waals surface area contributed by atoms with Crippen molar-refractivity contribution in [2.24, 2.45) is 5.92 Å². The van der Waals surface area contributed by atoms with Gasteiger partial charge in [-0.25, -0.2) is 18.4 Å². The zero-order valence-electron chi connectivity index (χ0n) is 18.3. The predicted molar refractivity (Wildman–Crippen MR) is 117 cm³/mol. The highest BCUT2D eigenvalue weighted by molar-refractivity contribution is 5.89. The standard InChI is InChI=1S/C24H26F2N2O5/c1-13(2)21(23(30)31)28-22(29)19(11-20(25)26)27-24(32)33-12-18-16-9-5-3-7-14(16)15-8-4-6-10-17(15)18/h3-10,13,18-21H,11-12H2,1-2H3,(H,27,32)(H,28,29)(H,30,31)/t19?,21-/m1/s1. The zero-order chi connectivity index (χ0) is 24.1. The second-order valence-corrected chi connectivity index (χ2v) is 8.22. The number of ether oxygens (including phenoxy) is 1. The van der Waals surface area contributed by atoms with E-state index in [2.05, 4.69) is 10.6 Å². The largest absolute Gasteiger partial charge is 0.480 e. The molecule has 1 aliphatic rings. The average Bonchev–Trinajstić information content (AvgIpc) is 3.08. The average molecular weight is 460 g/mol. The van der Waals surface area contributed by atoms with Crippen LogP contribution in [0.15, 0.2) is 48.5 Å². The molecule has 0 saturated carbocycles. The first-order valence-corrected chi connectivity index (χ1v) is 10.6. The summed E-state index contributed by atoms with van der Waals surface area (Å²) < 4.78 is 31.4. The Morgan fingerprint density at radius 3 is 2.00 bits per heavy atom. The van der Waals surface area contributed by atoms with Crippen molar-refractivity contribution in [3.8, 4) is 11.1 Å². The van der Waals surface area contributed by atoms with Crippen molar-refractivity contribution in [2.75, 3.05) is 6.61 Å². The lowest BCUT2D eigenvalue weighted by Gasteiger charge is -2.23. The van der Waals surface area contributed by atoms with Gasteiger partial charge in [0.1, 0.15) is 18.7 Å². The number of carbonyl (C=O) groups excluding carboxylic acids is 2. The minimum Gasteiger partial charge on any atom is -0.480 e. The Labute approximate surface area is 190 Å². The van der Waals surface area contributed by atoms with Crippen molar-refractivity contribution in [3.05, 3.63) is 59.7 Å². The Kier molecular flexibility index (Phi) is 7.63. The molecule has 1 aliphatic carbocycles. The lowest BCUT2D eigenvalue weighted by molar-refractivity contribution is -0.143. The highest BCUT2D eigenvalue weighted by atomic mass is 19.3. The molecule has 2 amide bonds. The number of carboxylic acid groups (broad SMARTS) is 1. The Morgan fingerprint density at radius 2 is 1.52 bits per heavy atom. The molecule has 3 rings (SSSR count). The summed E-state index contributed by atoms with van der Waals surface area (Å²) in [7, 11) is 0. The lowest BCUT2D eigenvalue weighted by atomic mass is 9.98. The van der Waals surface area contributed by atoms with Gasteiger partial charge in [-0.2, -0.15) is 0 Å². The third-order valence-electron chi connectivity index (χ3n) is 5.60. The van der Waals surface area contributed by atoms with E-state index < -0.39 is 48.8 Å². The number of carboxylic acids is 1. The van der Waals surface area contributed by atoms with Gasteiger partial charge in [0.2, 0.25) is 12.3 Å². The van der Waals surface area contributed by atoms with E-state index in [1.54, 1.807) is 13.8 Å². The van der Waals surface area contributed by atoms with Crippen molar-refractivity contribution in [2.45, 2.75) is 44.7 Å². The van der Waals surface area contributed by atoms with E-state index >= 15 is 0 Å². The molecule has 176 valence electrons. The molecule has 33 heavy (non-hydrogen) atoms. The molecular weight excluding hydrogens is 434 g/mol. The number of halogens is 2. The molecule has 2 atom stereocenters. The fraction of sp³-hybridized carbons (Fsp3) is 0.375. The van der Waals surface area contributed by atoms with E-state index in [0.717, 1.165) is 22.3 Å². The number of amides is 2. The number of nitrogens with one attached hydrogen (secondary N) is 2. The predicted octanol–water partition coefficient (Wildman–Crippen LogP) is 3.77. The van der Waals surface area contributed by atoms with Gasteiger partial charge < -0.3 is 20.5 Å². The van der Waals surface area contributed by atoms with Gasteiger partial charge >= 0.3 is 12.1 Å². The second-order valence-electron chi connectivity index (χ2n) is 8.22. The lowest BCUT2D eigenvalue weighted by Crippen LogP contribution is -2.53. The summed E-state index contributed by atoms with van der Waals surface area (Å²) in [5.74, 6) is -3.02. The smallest absolute Gasteiger partial charge is 0.407 e. The fourth-order valence-electron chi connectivity index (χ4n) is 3.96. The molecular formula is C24H26F2N2O5. The molecule has 0 fully saturated rings. The Bertz CT molecular complexity index is 982. The van der Waals surface area contributed by atoms with Gasteiger partial charge in [0.15, 0.2) is 0 Å². The molecule has 0 aliphatic heterocycles. The van der Waals surface area contributed by atoms with Crippen LogP contribution in [0.1, 0.15) is 37.3 Å². The van der Waals surface area contributed by atoms with Gasteiger partial charge in [0.05, 0.1) is 0 Å². The van der Waals surface area contributed by atoms with Crippen molar-refractivity contribution in [1.29, 1.82) is 0 Å². The maximum atomic E-state index is 13.0. The molecule has 7 nitrogen and oxygen atoms in total. The maximum Gasteiger partial charge on any atom is 0.407 e. The van der Waals surface area contributed by atoms with E-state index in [0.29, 0.717) is 0 Å². The summed E-state index contributed by atoms with van der Waals surface area (Å²) in [5, 5.41) is 13.6. The van der Waals surface area contributed by atoms with Gasteiger partial charge in [0, 0.05) is 12.3 Å². The van der Waals surface area contributed by atoms with E-state index in [9.17, 15) is 28.3 Å². The number of alkyl halides is 2. The molecule has 3 N–H and O–H groups in total. The number of rotatable bonds is 9. The minimum absolute atomic E-state index is 0.0490. The topological polar surface area (TPSA) is 105 Å². The summed E-state index contributed by atoms with van der Waals surface area (Å²) in [6.45, 7) is 3.09. The summed E-state index contributed by atoms with van der Waals surface area (Å²) in [5.41, 5.74) is 4.03. The summed E-state index contributed by atoms with van der Waals surface area (Å²) in [6.07, 6.45) is -4.90. The third kappa shape index (κ3) is 5.66. The first kappa shape index (κ1) is 24.2. The van der Waals surface area contributed by atoms with E-state index in [4.69, 9.17) is 4.74 Å². The monoisotopic (exact) mass is 460 g/mol. The van der Waals surface area contributed by atoms with Gasteiger partial charge in [-0.15, -0.1) is 0 Å². The highest BCUT2D eigenvalue weighted by Gasteiger charge is 2.32. The first-order chi connectivity index (χ1) is 15.7. The summed E-state index contributed by atoms with van der Waals surface area (Å²) >= 11 is 0. The molecule has 0 aromatic heterocycles. The van der Waals surface area contributed by atoms with Crippen LogP contribution in [0.5, 0.6) is 0 Å². The zero-order valence-corrected chi connectivity index (χ0v) is 18.3. The van der Waals surface area contributed by atoms with Crippen LogP contribution >= 0.6 is 0 Å². The Morgan fingerprint density at radius 1 is 0.970 bits per heavy atom. The van der Waals surface area contributed by atoms with Crippen molar-refractivity contribution in [3.63, 3.8) is 0 Å². The van der Waals surface area contributed by atoms with Crippen LogP contribution in [0.2, 0.25) is 0 Å². The van der Waals surface area contributed by atoms with Crippen LogP contribution in [-0.2, 0) is 14.3 Å². The minimum atomic E-state index is -2.89. The van der Waals surface area contributed by atoms with Gasteiger partial charge in [-0.3, -0.25) is 4.79 Å². The van der Waals surface area contributed by atoms with Gasteiger partial charge in [-0.05, 0) is 28.2 Å². The number of hydrogen-bond donors (Lipinski definition) is 3. The van der Waals surface area contributed by atoms with Gasteiger partial charge in [0.25, 0.3) is 0 Å². The number of alkyl carbamates (subject to hydrolysis) is 1. The number of aliphatic carboxylic acids is 1. The van der Waals surface area contributed by atoms with Crippen molar-refractivity contribution < 1.29 is 33.0 Å². The van der Waals surface area contributed by atoms with Crippen molar-refractivity contribution >= 4 is 18.0 Å². The Hall–Kier alpha value is -3.49. The first-order valence-electron chi connectivity index (χ1n) is 10.6. The molecule has 0 saturated heterocycles. The summed E-state index contributed by atoms with van der Waals surface area (Å²) in [6, 6.07) is 12.5. The van der Waals surface area contributed by atoms with E-state index in [1.165, 1.54) is 0 Å². The van der Waals surface area contributed by atoms with Crippen LogP contribution in [0, 0.1) is 5.92 Å². The van der Waals surface area contributed by atoms with E-state index in [1.807, 2.05) is 48.5 Å². The second kappa shape index (κ2) is 10.4. The number of carbonyl (C=O) groups is 3. The molecule has 1 unspecified atom stereocenters. The molecule has 9 heteroatoms. The van der Waals surface area contributed by atoms with Crippen LogP contribution in [0.25, 0.3) is 11.1 Å². The maximum absolute atomic E-state index is 13.0. The molecule has 0 heterocycles. The third-order valence-corrected chi connectivity index (χ3v) is 5.60. The Balaban J connectivity index is 1.67. The molecule has 2 aromatic rings. The van der Waals surface area contributed by atoms with E-state index in [-0.39, 0.29) is 12.5 Å². The molecule has 2 aromatic carbocycles. The van der Waals surface area contributed by atoms with Crippen LogP contribution in [0.4, 0.5) is 13.6 Å². The summed E-state index contributed by atoms with van der Waals surface area (Å²) in [4.78, 5) is 36.2. The van der Waals surface area contributed by atoms with Crippen LogP contribution in [0.3, 0.4) is 0 Å². The fourth-order valence-corrected chi connectivity index (χ4v) is 3.96. The van der Waals surface area contributed by atoms with Crippen LogP contribution in [-0.4, -0.2) is 48.2 Å². The number of benzene rings is 2. The van der Waals surface area contributed by atoms with Crippen LogP contribution < -0.4 is 10.6 Å².